The van der Waals surface area contributed by atoms with Crippen LogP contribution < -0.4 is 10.6 Å². The third-order valence-corrected chi connectivity index (χ3v) is 8.19. The summed E-state index contributed by atoms with van der Waals surface area (Å²) in [4.78, 5) is 31.3. The summed E-state index contributed by atoms with van der Waals surface area (Å²) in [6.45, 7) is 5.45. The lowest BCUT2D eigenvalue weighted by Crippen LogP contribution is -2.62. The van der Waals surface area contributed by atoms with Crippen LogP contribution in [0.1, 0.15) is 69.9 Å². The van der Waals surface area contributed by atoms with Crippen LogP contribution in [0, 0.1) is 17.2 Å². The minimum atomic E-state index is -0.911. The molecule has 0 spiro atoms. The Morgan fingerprint density at radius 2 is 1.83 bits per heavy atom. The van der Waals surface area contributed by atoms with E-state index in [4.69, 9.17) is 4.74 Å². The topological polar surface area (TPSA) is 97.7 Å². The Morgan fingerprint density at radius 3 is 2.47 bits per heavy atom. The van der Waals surface area contributed by atoms with E-state index in [0.717, 1.165) is 18.4 Å². The molecule has 0 radical (unpaired) electrons. The van der Waals surface area contributed by atoms with Crippen molar-refractivity contribution >= 4 is 11.9 Å². The first-order valence-electron chi connectivity index (χ1n) is 13.7. The van der Waals surface area contributed by atoms with Gasteiger partial charge in [0.05, 0.1) is 25.3 Å². The number of hydrogen-bond acceptors (Lipinski definition) is 5. The van der Waals surface area contributed by atoms with E-state index in [0.29, 0.717) is 64.6 Å². The van der Waals surface area contributed by atoms with E-state index in [1.807, 2.05) is 42.2 Å². The number of hydrogen-bond donors (Lipinski definition) is 2. The Bertz CT molecular complexity index is 900. The van der Waals surface area contributed by atoms with Gasteiger partial charge in [0.25, 0.3) is 0 Å². The van der Waals surface area contributed by atoms with Crippen LogP contribution in [0.15, 0.2) is 30.3 Å². The number of ether oxygens (including phenoxy) is 1. The van der Waals surface area contributed by atoms with Gasteiger partial charge in [-0.2, -0.15) is 5.26 Å². The van der Waals surface area contributed by atoms with Gasteiger partial charge in [0.1, 0.15) is 11.6 Å². The number of carbonyl (C=O) groups is 2. The molecule has 36 heavy (non-hydrogen) atoms. The largest absolute Gasteiger partial charge is 0.378 e. The van der Waals surface area contributed by atoms with E-state index >= 15 is 0 Å². The van der Waals surface area contributed by atoms with Crippen LogP contribution in [-0.4, -0.2) is 72.7 Å². The van der Waals surface area contributed by atoms with Gasteiger partial charge in [-0.25, -0.2) is 4.79 Å². The number of amides is 3. The van der Waals surface area contributed by atoms with Gasteiger partial charge in [-0.3, -0.25) is 4.79 Å². The zero-order valence-corrected chi connectivity index (χ0v) is 21.6. The molecular formula is C28H41N5O3. The summed E-state index contributed by atoms with van der Waals surface area (Å²) < 4.78 is 5.41. The first kappa shape index (κ1) is 26.4. The zero-order chi connectivity index (χ0) is 25.4. The van der Waals surface area contributed by atoms with Crippen LogP contribution in [-0.2, 0) is 9.53 Å². The number of urea groups is 1. The molecule has 1 aliphatic carbocycles. The normalized spacial score (nSPS) is 22.2. The van der Waals surface area contributed by atoms with E-state index in [2.05, 4.69) is 16.7 Å². The highest BCUT2D eigenvalue weighted by Crippen LogP contribution is 2.36. The molecule has 8 heteroatoms. The van der Waals surface area contributed by atoms with Crippen molar-refractivity contribution in [2.24, 2.45) is 5.92 Å². The van der Waals surface area contributed by atoms with Gasteiger partial charge in [-0.15, -0.1) is 0 Å². The van der Waals surface area contributed by atoms with E-state index in [1.165, 1.54) is 19.3 Å². The second-order valence-corrected chi connectivity index (χ2v) is 10.5. The molecule has 196 valence electrons. The highest BCUT2D eigenvalue weighted by atomic mass is 16.5. The first-order chi connectivity index (χ1) is 17.5. The van der Waals surface area contributed by atoms with Crippen molar-refractivity contribution in [2.45, 2.75) is 75.9 Å². The van der Waals surface area contributed by atoms with Gasteiger partial charge < -0.3 is 25.2 Å². The molecule has 2 aliphatic heterocycles. The van der Waals surface area contributed by atoms with Crippen molar-refractivity contribution in [2.75, 3.05) is 39.4 Å². The third kappa shape index (κ3) is 6.19. The maximum Gasteiger partial charge on any atom is 0.318 e. The third-order valence-electron chi connectivity index (χ3n) is 8.19. The molecule has 2 N–H and O–H groups in total. The Labute approximate surface area is 215 Å². The Kier molecular flexibility index (Phi) is 9.22. The highest BCUT2D eigenvalue weighted by molar-refractivity contribution is 5.88. The van der Waals surface area contributed by atoms with Crippen LogP contribution in [0.25, 0.3) is 0 Å². The van der Waals surface area contributed by atoms with Gasteiger partial charge in [0.15, 0.2) is 0 Å². The van der Waals surface area contributed by atoms with Crippen LogP contribution in [0.3, 0.4) is 0 Å². The molecule has 0 bridgehead atoms. The number of benzene rings is 1. The fourth-order valence-corrected chi connectivity index (χ4v) is 6.05. The highest BCUT2D eigenvalue weighted by Gasteiger charge is 2.46. The molecule has 3 amide bonds. The van der Waals surface area contributed by atoms with E-state index < -0.39 is 11.6 Å². The quantitative estimate of drug-likeness (QED) is 0.602. The summed E-state index contributed by atoms with van der Waals surface area (Å²) >= 11 is 0. The van der Waals surface area contributed by atoms with E-state index in [-0.39, 0.29) is 18.0 Å². The molecule has 2 saturated heterocycles. The van der Waals surface area contributed by atoms with Crippen molar-refractivity contribution in [1.29, 1.82) is 5.26 Å². The van der Waals surface area contributed by atoms with Crippen molar-refractivity contribution in [1.82, 2.24) is 20.4 Å². The SMILES string of the molecule is CC(c1ccccc1)N(C(=O)C(CC1CCCCC1)NC(=O)N1CCOCC1)C1(C#N)CCNCC1. The molecule has 1 aromatic rings. The standard InChI is InChI=1S/C28H41N5O3/c1-22(24-10-6-3-7-11-24)33(28(21-29)12-14-30-15-13-28)26(34)25(20-23-8-4-2-5-9-23)31-27(35)32-16-18-36-19-17-32/h3,6-7,10-11,22-23,25,30H,2,4-5,8-9,12-20H2,1H3,(H,31,35). The fourth-order valence-electron chi connectivity index (χ4n) is 6.05. The number of piperidine rings is 1. The number of rotatable bonds is 7. The lowest BCUT2D eigenvalue weighted by atomic mass is 9.82. The maximum atomic E-state index is 14.5. The fraction of sp³-hybridized carbons (Fsp3) is 0.679. The first-order valence-corrected chi connectivity index (χ1v) is 13.7. The van der Waals surface area contributed by atoms with E-state index in [1.54, 1.807) is 4.90 Å². The summed E-state index contributed by atoms with van der Waals surface area (Å²) in [5.41, 5.74) is 0.0847. The van der Waals surface area contributed by atoms with Crippen molar-refractivity contribution < 1.29 is 14.3 Å². The van der Waals surface area contributed by atoms with Gasteiger partial charge in [-0.1, -0.05) is 62.4 Å². The lowest BCUT2D eigenvalue weighted by molar-refractivity contribution is -0.142. The Morgan fingerprint density at radius 1 is 1.17 bits per heavy atom. The molecule has 1 saturated carbocycles. The number of carbonyl (C=O) groups excluding carboxylic acids is 2. The minimum absolute atomic E-state index is 0.137. The summed E-state index contributed by atoms with van der Waals surface area (Å²) in [5.74, 6) is 0.264. The van der Waals surface area contributed by atoms with Gasteiger partial charge in [0.2, 0.25) is 5.91 Å². The monoisotopic (exact) mass is 495 g/mol. The maximum absolute atomic E-state index is 14.5. The lowest BCUT2D eigenvalue weighted by Gasteiger charge is -2.46. The minimum Gasteiger partial charge on any atom is -0.378 e. The molecule has 0 aromatic heterocycles. The smallest absolute Gasteiger partial charge is 0.318 e. The molecule has 3 aliphatic rings. The van der Waals surface area contributed by atoms with Crippen molar-refractivity contribution in [3.63, 3.8) is 0 Å². The van der Waals surface area contributed by atoms with Crippen LogP contribution in [0.4, 0.5) is 4.79 Å². The van der Waals surface area contributed by atoms with Gasteiger partial charge >= 0.3 is 6.03 Å². The average Bonchev–Trinajstić information content (AvgIpc) is 2.94. The Balaban J connectivity index is 1.65. The van der Waals surface area contributed by atoms with Crippen LogP contribution in [0.5, 0.6) is 0 Å². The van der Waals surface area contributed by atoms with Crippen LogP contribution in [0.2, 0.25) is 0 Å². The summed E-state index contributed by atoms with van der Waals surface area (Å²) in [6.07, 6.45) is 7.49. The number of nitrogens with one attached hydrogen (secondary N) is 2. The molecule has 8 nitrogen and oxygen atoms in total. The number of nitriles is 1. The molecular weight excluding hydrogens is 454 g/mol. The van der Waals surface area contributed by atoms with Gasteiger partial charge in [-0.05, 0) is 50.8 Å². The number of morpholine rings is 1. The molecule has 3 fully saturated rings. The summed E-state index contributed by atoms with van der Waals surface area (Å²) in [6, 6.07) is 11.3. The van der Waals surface area contributed by atoms with E-state index in [9.17, 15) is 14.9 Å². The number of nitrogens with zero attached hydrogens (tertiary/aromatic N) is 3. The molecule has 4 rings (SSSR count). The average molecular weight is 496 g/mol. The van der Waals surface area contributed by atoms with Crippen LogP contribution >= 0.6 is 0 Å². The Hall–Kier alpha value is -2.63. The summed E-state index contributed by atoms with van der Waals surface area (Å²) in [5, 5.41) is 16.9. The van der Waals surface area contributed by atoms with Crippen molar-refractivity contribution in [3.8, 4) is 6.07 Å². The second kappa shape index (κ2) is 12.6. The second-order valence-electron chi connectivity index (χ2n) is 10.5. The molecule has 2 atom stereocenters. The zero-order valence-electron chi connectivity index (χ0n) is 21.6. The molecule has 1 aromatic carbocycles. The van der Waals surface area contributed by atoms with Gasteiger partial charge in [0, 0.05) is 13.1 Å². The summed E-state index contributed by atoms with van der Waals surface area (Å²) in [7, 11) is 0. The molecule has 2 heterocycles. The predicted molar refractivity (Wildman–Crippen MR) is 138 cm³/mol. The van der Waals surface area contributed by atoms with Crippen molar-refractivity contribution in [3.05, 3.63) is 35.9 Å². The molecule has 2 unspecified atom stereocenters. The predicted octanol–water partition coefficient (Wildman–Crippen LogP) is 3.60.